The minimum absolute atomic E-state index is 0.0949. The number of carbonyl (C=O) groups is 2. The van der Waals surface area contributed by atoms with Crippen molar-refractivity contribution in [3.05, 3.63) is 90.1 Å². The Morgan fingerprint density at radius 2 is 1.83 bits per heavy atom. The fraction of sp³-hybridized carbons (Fsp3) is 0.296. The first-order valence-electron chi connectivity index (χ1n) is 11.9. The van der Waals surface area contributed by atoms with Gasteiger partial charge in [-0.2, -0.15) is 0 Å². The van der Waals surface area contributed by atoms with E-state index in [1.165, 1.54) is 0 Å². The summed E-state index contributed by atoms with van der Waals surface area (Å²) in [5.74, 6) is -0.428. The highest BCUT2D eigenvalue weighted by molar-refractivity contribution is 5.88. The number of aromatic nitrogens is 1. The standard InChI is InChI=1S/C27H31N5O4/c1-18-25(30-27(35)36-18)26(34)31-32(17-24(33)22(28)15-19-7-3-2-4-8-19)16-20-10-12-21(13-11-20)23-9-5-6-14-29-23/h2-14,18,22,24-25,33H,15-17,28H2,1H3,(H,30,35)(H,31,34). The van der Waals surface area contributed by atoms with Crippen LogP contribution in [0.3, 0.4) is 0 Å². The number of hydrazine groups is 1. The Morgan fingerprint density at radius 1 is 1.11 bits per heavy atom. The number of pyridine rings is 1. The minimum Gasteiger partial charge on any atom is -0.444 e. The van der Waals surface area contributed by atoms with Gasteiger partial charge in [-0.3, -0.25) is 15.2 Å². The third kappa shape index (κ3) is 6.66. The molecule has 2 heterocycles. The SMILES string of the molecule is CC1OC(=O)NC1C(=O)NN(Cc1ccc(-c2ccccn2)cc1)CC(O)C(N)Cc1ccccc1. The molecule has 0 spiro atoms. The molecular formula is C27H31N5O4. The first-order chi connectivity index (χ1) is 17.4. The maximum absolute atomic E-state index is 12.9. The number of amides is 2. The zero-order valence-corrected chi connectivity index (χ0v) is 20.1. The van der Waals surface area contributed by atoms with Crippen LogP contribution in [0.1, 0.15) is 18.1 Å². The van der Waals surface area contributed by atoms with E-state index in [0.717, 1.165) is 22.4 Å². The van der Waals surface area contributed by atoms with E-state index in [9.17, 15) is 14.7 Å². The van der Waals surface area contributed by atoms with Crippen LogP contribution >= 0.6 is 0 Å². The second-order valence-electron chi connectivity index (χ2n) is 8.92. The third-order valence-corrected chi connectivity index (χ3v) is 6.09. The zero-order chi connectivity index (χ0) is 25.5. The molecule has 1 aromatic heterocycles. The molecule has 188 valence electrons. The summed E-state index contributed by atoms with van der Waals surface area (Å²) in [7, 11) is 0. The summed E-state index contributed by atoms with van der Waals surface area (Å²) in [6, 6.07) is 21.9. The molecule has 0 saturated carbocycles. The minimum atomic E-state index is -0.912. The van der Waals surface area contributed by atoms with Crippen LogP contribution in [-0.4, -0.2) is 57.9 Å². The number of aliphatic hydroxyl groups excluding tert-OH is 1. The Bertz CT molecular complexity index is 1140. The number of alkyl carbamates (subject to hydrolysis) is 1. The van der Waals surface area contributed by atoms with E-state index in [1.807, 2.05) is 72.8 Å². The molecule has 3 aromatic rings. The van der Waals surface area contributed by atoms with Gasteiger partial charge in [-0.05, 0) is 36.6 Å². The first-order valence-corrected chi connectivity index (χ1v) is 11.9. The number of nitrogens with two attached hydrogens (primary N) is 1. The van der Waals surface area contributed by atoms with Crippen molar-refractivity contribution in [3.8, 4) is 11.3 Å². The van der Waals surface area contributed by atoms with E-state index in [1.54, 1.807) is 18.1 Å². The number of hydrogen-bond donors (Lipinski definition) is 4. The van der Waals surface area contributed by atoms with Gasteiger partial charge >= 0.3 is 6.09 Å². The molecule has 9 nitrogen and oxygen atoms in total. The molecule has 0 aliphatic carbocycles. The molecule has 2 aromatic carbocycles. The number of benzene rings is 2. The van der Waals surface area contributed by atoms with Gasteiger partial charge < -0.3 is 20.9 Å². The molecule has 1 aliphatic rings. The topological polar surface area (TPSA) is 130 Å². The Hall–Kier alpha value is -3.79. The Labute approximate surface area is 210 Å². The van der Waals surface area contributed by atoms with Gasteiger partial charge in [-0.1, -0.05) is 60.7 Å². The average Bonchev–Trinajstić information content (AvgIpc) is 3.23. The maximum atomic E-state index is 12.9. The second-order valence-corrected chi connectivity index (χ2v) is 8.92. The van der Waals surface area contributed by atoms with Crippen molar-refractivity contribution in [1.29, 1.82) is 0 Å². The summed E-state index contributed by atoms with van der Waals surface area (Å²) in [4.78, 5) is 28.8. The van der Waals surface area contributed by atoms with Gasteiger partial charge in [0.15, 0.2) is 0 Å². The van der Waals surface area contributed by atoms with E-state index >= 15 is 0 Å². The molecule has 0 radical (unpaired) electrons. The van der Waals surface area contributed by atoms with E-state index in [-0.39, 0.29) is 6.54 Å². The van der Waals surface area contributed by atoms with Gasteiger partial charge in [0.2, 0.25) is 0 Å². The third-order valence-electron chi connectivity index (χ3n) is 6.09. The van der Waals surface area contributed by atoms with Crippen LogP contribution in [0, 0.1) is 0 Å². The predicted molar refractivity (Wildman–Crippen MR) is 135 cm³/mol. The molecule has 36 heavy (non-hydrogen) atoms. The number of rotatable bonds is 10. The summed E-state index contributed by atoms with van der Waals surface area (Å²) in [6.07, 6.45) is 0.0794. The lowest BCUT2D eigenvalue weighted by Gasteiger charge is -2.29. The highest BCUT2D eigenvalue weighted by atomic mass is 16.6. The first kappa shape index (κ1) is 25.3. The van der Waals surface area contributed by atoms with Crippen LogP contribution in [0.15, 0.2) is 79.0 Å². The quantitative estimate of drug-likeness (QED) is 0.321. The molecule has 2 amide bonds. The number of cyclic esters (lactones) is 1. The zero-order valence-electron chi connectivity index (χ0n) is 20.1. The van der Waals surface area contributed by atoms with Gasteiger partial charge in [-0.25, -0.2) is 9.80 Å². The summed E-state index contributed by atoms with van der Waals surface area (Å²) in [5.41, 5.74) is 12.9. The summed E-state index contributed by atoms with van der Waals surface area (Å²) < 4.78 is 5.03. The largest absolute Gasteiger partial charge is 0.444 e. The summed E-state index contributed by atoms with van der Waals surface area (Å²) in [5, 5.41) is 15.0. The molecule has 4 rings (SSSR count). The lowest BCUT2D eigenvalue weighted by Crippen LogP contribution is -2.55. The molecule has 5 N–H and O–H groups in total. The molecule has 1 fully saturated rings. The van der Waals surface area contributed by atoms with Crippen molar-refractivity contribution >= 4 is 12.0 Å². The molecule has 4 unspecified atom stereocenters. The number of hydrogen-bond acceptors (Lipinski definition) is 7. The fourth-order valence-electron chi connectivity index (χ4n) is 4.09. The van der Waals surface area contributed by atoms with Crippen LogP contribution in [0.5, 0.6) is 0 Å². The monoisotopic (exact) mass is 489 g/mol. The number of aliphatic hydroxyl groups is 1. The van der Waals surface area contributed by atoms with E-state index in [4.69, 9.17) is 10.5 Å². The van der Waals surface area contributed by atoms with Crippen molar-refractivity contribution in [1.82, 2.24) is 20.7 Å². The van der Waals surface area contributed by atoms with Crippen LogP contribution in [-0.2, 0) is 22.5 Å². The van der Waals surface area contributed by atoms with Gasteiger partial charge in [0.1, 0.15) is 12.1 Å². The van der Waals surface area contributed by atoms with Crippen molar-refractivity contribution in [2.45, 2.75) is 44.2 Å². The number of nitrogens with zero attached hydrogens (tertiary/aromatic N) is 2. The number of carbonyl (C=O) groups excluding carboxylic acids is 2. The van der Waals surface area contributed by atoms with Crippen molar-refractivity contribution in [2.24, 2.45) is 5.73 Å². The maximum Gasteiger partial charge on any atom is 0.408 e. The summed E-state index contributed by atoms with van der Waals surface area (Å²) in [6.45, 7) is 2.06. The molecule has 0 bridgehead atoms. The number of ether oxygens (including phenoxy) is 1. The number of nitrogens with one attached hydrogen (secondary N) is 2. The predicted octanol–water partition coefficient (Wildman–Crippen LogP) is 2.01. The van der Waals surface area contributed by atoms with Gasteiger partial charge in [-0.15, -0.1) is 0 Å². The van der Waals surface area contributed by atoms with Crippen LogP contribution < -0.4 is 16.5 Å². The second kappa shape index (κ2) is 11.8. The molecular weight excluding hydrogens is 458 g/mol. The van der Waals surface area contributed by atoms with E-state index < -0.39 is 36.3 Å². The lowest BCUT2D eigenvalue weighted by atomic mass is 10.0. The van der Waals surface area contributed by atoms with E-state index in [2.05, 4.69) is 15.7 Å². The molecule has 9 heteroatoms. The van der Waals surface area contributed by atoms with Crippen LogP contribution in [0.4, 0.5) is 4.79 Å². The van der Waals surface area contributed by atoms with Gasteiger partial charge in [0.05, 0.1) is 11.8 Å². The van der Waals surface area contributed by atoms with Crippen LogP contribution in [0.25, 0.3) is 11.3 Å². The normalized spacial score (nSPS) is 18.8. The molecule has 1 saturated heterocycles. The molecule has 1 aliphatic heterocycles. The summed E-state index contributed by atoms with van der Waals surface area (Å²) >= 11 is 0. The highest BCUT2D eigenvalue weighted by Crippen LogP contribution is 2.18. The van der Waals surface area contributed by atoms with Gasteiger partial charge in [0.25, 0.3) is 5.91 Å². The Kier molecular flexibility index (Phi) is 8.27. The van der Waals surface area contributed by atoms with E-state index in [0.29, 0.717) is 13.0 Å². The van der Waals surface area contributed by atoms with Crippen molar-refractivity contribution in [3.63, 3.8) is 0 Å². The smallest absolute Gasteiger partial charge is 0.408 e. The molecule has 4 atom stereocenters. The Balaban J connectivity index is 1.46. The average molecular weight is 490 g/mol. The van der Waals surface area contributed by atoms with Crippen molar-refractivity contribution < 1.29 is 19.4 Å². The van der Waals surface area contributed by atoms with Crippen LogP contribution in [0.2, 0.25) is 0 Å². The fourth-order valence-corrected chi connectivity index (χ4v) is 4.09. The lowest BCUT2D eigenvalue weighted by molar-refractivity contribution is -0.129. The highest BCUT2D eigenvalue weighted by Gasteiger charge is 2.37. The van der Waals surface area contributed by atoms with Crippen molar-refractivity contribution in [2.75, 3.05) is 6.54 Å². The van der Waals surface area contributed by atoms with Gasteiger partial charge in [0, 0.05) is 30.9 Å². The Morgan fingerprint density at radius 3 is 2.47 bits per heavy atom.